The molecule has 5 atom stereocenters. The fourth-order valence-electron chi connectivity index (χ4n) is 1.33. The van der Waals surface area contributed by atoms with Crippen molar-refractivity contribution in [2.24, 2.45) is 5.73 Å². The monoisotopic (exact) mass is 177 g/mol. The third-order valence-electron chi connectivity index (χ3n) is 2.18. The van der Waals surface area contributed by atoms with Crippen molar-refractivity contribution in [2.75, 3.05) is 6.54 Å². The molecule has 0 spiro atoms. The lowest BCUT2D eigenvalue weighted by Crippen LogP contribution is -2.58. The second-order valence-electron chi connectivity index (χ2n) is 3.09. The Labute approximate surface area is 70.8 Å². The molecule has 12 heavy (non-hydrogen) atoms. The molecular formula is C7H15NO4. The van der Waals surface area contributed by atoms with Gasteiger partial charge in [0.2, 0.25) is 0 Å². The zero-order valence-corrected chi connectivity index (χ0v) is 6.92. The minimum atomic E-state index is -1.16. The lowest BCUT2D eigenvalue weighted by atomic mass is 9.96. The van der Waals surface area contributed by atoms with Gasteiger partial charge in [-0.15, -0.1) is 0 Å². The maximum absolute atomic E-state index is 9.31. The smallest absolute Gasteiger partial charge is 0.111 e. The van der Waals surface area contributed by atoms with Gasteiger partial charge in [-0.25, -0.2) is 0 Å². The summed E-state index contributed by atoms with van der Waals surface area (Å²) in [5.41, 5.74) is 5.29. The molecule has 1 saturated heterocycles. The molecule has 5 N–H and O–H groups in total. The molecule has 0 saturated carbocycles. The van der Waals surface area contributed by atoms with E-state index < -0.39 is 30.5 Å². The maximum Gasteiger partial charge on any atom is 0.111 e. The highest BCUT2D eigenvalue weighted by atomic mass is 16.5. The molecule has 0 aliphatic carbocycles. The minimum Gasteiger partial charge on any atom is -0.388 e. The fourth-order valence-corrected chi connectivity index (χ4v) is 1.33. The molecule has 0 aromatic rings. The summed E-state index contributed by atoms with van der Waals surface area (Å²) in [5.74, 6) is 0. The lowest BCUT2D eigenvalue weighted by molar-refractivity contribution is -0.213. The van der Waals surface area contributed by atoms with E-state index in [9.17, 15) is 15.3 Å². The fraction of sp³-hybridized carbons (Fsp3) is 1.00. The number of ether oxygens (including phenoxy) is 1. The van der Waals surface area contributed by atoms with E-state index in [0.29, 0.717) is 0 Å². The van der Waals surface area contributed by atoms with Crippen LogP contribution in [0.15, 0.2) is 0 Å². The first-order chi connectivity index (χ1) is 5.57. The van der Waals surface area contributed by atoms with E-state index in [4.69, 9.17) is 10.5 Å². The zero-order valence-electron chi connectivity index (χ0n) is 6.92. The maximum atomic E-state index is 9.31. The molecular weight excluding hydrogens is 162 g/mol. The first-order valence-corrected chi connectivity index (χ1v) is 3.97. The van der Waals surface area contributed by atoms with E-state index in [-0.39, 0.29) is 6.54 Å². The average Bonchev–Trinajstić information content (AvgIpc) is 2.08. The summed E-state index contributed by atoms with van der Waals surface area (Å²) < 4.78 is 5.15. The molecule has 1 heterocycles. The van der Waals surface area contributed by atoms with Gasteiger partial charge in [-0.05, 0) is 6.92 Å². The number of aliphatic hydroxyl groups is 3. The summed E-state index contributed by atoms with van der Waals surface area (Å²) in [4.78, 5) is 0. The van der Waals surface area contributed by atoms with Crippen molar-refractivity contribution in [3.05, 3.63) is 0 Å². The van der Waals surface area contributed by atoms with E-state index >= 15 is 0 Å². The largest absolute Gasteiger partial charge is 0.388 e. The summed E-state index contributed by atoms with van der Waals surface area (Å²) in [6.07, 6.45) is -4.37. The Morgan fingerprint density at radius 1 is 1.17 bits per heavy atom. The lowest BCUT2D eigenvalue weighted by Gasteiger charge is -2.38. The average molecular weight is 177 g/mol. The van der Waals surface area contributed by atoms with E-state index in [2.05, 4.69) is 0 Å². The van der Waals surface area contributed by atoms with Gasteiger partial charge in [0, 0.05) is 6.54 Å². The normalized spacial score (nSPS) is 49.2. The van der Waals surface area contributed by atoms with Crippen LogP contribution in [0.25, 0.3) is 0 Å². The Bertz CT molecular complexity index is 150. The predicted molar refractivity (Wildman–Crippen MR) is 41.4 cm³/mol. The molecule has 0 aromatic carbocycles. The SMILES string of the molecule is CC1OC(CN)C(O)C(O)C1O. The number of hydrogen-bond acceptors (Lipinski definition) is 5. The van der Waals surface area contributed by atoms with Gasteiger partial charge in [-0.2, -0.15) is 0 Å². The van der Waals surface area contributed by atoms with Gasteiger partial charge in [0.25, 0.3) is 0 Å². The standard InChI is InChI=1S/C7H15NO4/c1-3-5(9)7(11)6(10)4(2-8)12-3/h3-7,9-11H,2,8H2,1H3. The van der Waals surface area contributed by atoms with Crippen molar-refractivity contribution >= 4 is 0 Å². The second kappa shape index (κ2) is 3.68. The Balaban J connectivity index is 2.63. The highest BCUT2D eigenvalue weighted by molar-refractivity contribution is 4.90. The van der Waals surface area contributed by atoms with Crippen molar-refractivity contribution in [3.8, 4) is 0 Å². The molecule has 0 amide bonds. The first kappa shape index (κ1) is 9.88. The molecule has 0 aromatic heterocycles. The Morgan fingerprint density at radius 3 is 2.25 bits per heavy atom. The minimum absolute atomic E-state index is 0.134. The van der Waals surface area contributed by atoms with E-state index in [1.54, 1.807) is 6.92 Å². The van der Waals surface area contributed by atoms with Crippen LogP contribution in [-0.4, -0.2) is 52.4 Å². The number of hydrogen-bond donors (Lipinski definition) is 4. The van der Waals surface area contributed by atoms with Crippen molar-refractivity contribution in [3.63, 3.8) is 0 Å². The molecule has 5 nitrogen and oxygen atoms in total. The van der Waals surface area contributed by atoms with Crippen LogP contribution in [0.4, 0.5) is 0 Å². The van der Waals surface area contributed by atoms with Crippen LogP contribution in [0, 0.1) is 0 Å². The molecule has 1 rings (SSSR count). The van der Waals surface area contributed by atoms with Crippen molar-refractivity contribution < 1.29 is 20.1 Å². The third kappa shape index (κ3) is 1.60. The molecule has 0 bridgehead atoms. The summed E-state index contributed by atoms with van der Waals surface area (Å²) in [7, 11) is 0. The van der Waals surface area contributed by atoms with Gasteiger partial charge >= 0.3 is 0 Å². The summed E-state index contributed by atoms with van der Waals surface area (Å²) in [6, 6.07) is 0. The van der Waals surface area contributed by atoms with Gasteiger partial charge < -0.3 is 25.8 Å². The number of nitrogens with two attached hydrogens (primary N) is 1. The first-order valence-electron chi connectivity index (χ1n) is 3.97. The quantitative estimate of drug-likeness (QED) is 0.365. The van der Waals surface area contributed by atoms with Crippen molar-refractivity contribution in [1.29, 1.82) is 0 Å². The second-order valence-corrected chi connectivity index (χ2v) is 3.09. The number of aliphatic hydroxyl groups excluding tert-OH is 3. The molecule has 0 radical (unpaired) electrons. The number of rotatable bonds is 1. The highest BCUT2D eigenvalue weighted by Crippen LogP contribution is 2.19. The highest BCUT2D eigenvalue weighted by Gasteiger charge is 2.40. The summed E-state index contributed by atoms with van der Waals surface area (Å²) in [5, 5.41) is 27.8. The van der Waals surface area contributed by atoms with Crippen molar-refractivity contribution in [1.82, 2.24) is 0 Å². The molecule has 5 heteroatoms. The van der Waals surface area contributed by atoms with Gasteiger partial charge in [-0.3, -0.25) is 0 Å². The van der Waals surface area contributed by atoms with Crippen LogP contribution in [0.3, 0.4) is 0 Å². The molecule has 1 aliphatic rings. The van der Waals surface area contributed by atoms with Gasteiger partial charge in [-0.1, -0.05) is 0 Å². The Hall–Kier alpha value is -0.200. The van der Waals surface area contributed by atoms with Gasteiger partial charge in [0.05, 0.1) is 12.2 Å². The molecule has 1 fully saturated rings. The van der Waals surface area contributed by atoms with E-state index in [1.807, 2.05) is 0 Å². The van der Waals surface area contributed by atoms with E-state index in [1.165, 1.54) is 0 Å². The van der Waals surface area contributed by atoms with Crippen molar-refractivity contribution in [2.45, 2.75) is 37.4 Å². The summed E-state index contributed by atoms with van der Waals surface area (Å²) in [6.45, 7) is 1.76. The van der Waals surface area contributed by atoms with Gasteiger partial charge in [0.1, 0.15) is 18.3 Å². The predicted octanol–water partition coefficient (Wildman–Crippen LogP) is -2.18. The van der Waals surface area contributed by atoms with Gasteiger partial charge in [0.15, 0.2) is 0 Å². The summed E-state index contributed by atoms with van der Waals surface area (Å²) >= 11 is 0. The zero-order chi connectivity index (χ0) is 9.30. The van der Waals surface area contributed by atoms with Crippen LogP contribution in [0.1, 0.15) is 6.92 Å². The molecule has 72 valence electrons. The molecule has 5 unspecified atom stereocenters. The topological polar surface area (TPSA) is 95.9 Å². The molecule has 1 aliphatic heterocycles. The Kier molecular flexibility index (Phi) is 3.03. The van der Waals surface area contributed by atoms with Crippen LogP contribution in [0.2, 0.25) is 0 Å². The van der Waals surface area contributed by atoms with Crippen LogP contribution in [-0.2, 0) is 4.74 Å². The van der Waals surface area contributed by atoms with Crippen LogP contribution in [0.5, 0.6) is 0 Å². The van der Waals surface area contributed by atoms with E-state index in [0.717, 1.165) is 0 Å². The Morgan fingerprint density at radius 2 is 1.75 bits per heavy atom. The third-order valence-corrected chi connectivity index (χ3v) is 2.18. The van der Waals surface area contributed by atoms with Crippen LogP contribution >= 0.6 is 0 Å². The van der Waals surface area contributed by atoms with Crippen LogP contribution < -0.4 is 5.73 Å².